The Labute approximate surface area is 247 Å². The number of carbonyl (C=O) groups is 3. The molecule has 0 unspecified atom stereocenters. The van der Waals surface area contributed by atoms with Gasteiger partial charge in [0, 0.05) is 11.3 Å². The molecule has 0 saturated heterocycles. The number of amides is 2. The van der Waals surface area contributed by atoms with Crippen molar-refractivity contribution in [2.24, 2.45) is 5.10 Å². The maximum atomic E-state index is 12.4. The first-order valence-electron chi connectivity index (χ1n) is 13.3. The largest absolute Gasteiger partial charge is 0.490 e. The highest BCUT2D eigenvalue weighted by Crippen LogP contribution is 2.35. The summed E-state index contributed by atoms with van der Waals surface area (Å²) in [5, 5.41) is 29.0. The highest BCUT2D eigenvalue weighted by Gasteiger charge is 2.32. The lowest BCUT2D eigenvalue weighted by Crippen LogP contribution is -2.45. The molecule has 2 heterocycles. The van der Waals surface area contributed by atoms with Gasteiger partial charge in [-0.1, -0.05) is 18.2 Å². The Morgan fingerprint density at radius 1 is 1.14 bits per heavy atom. The van der Waals surface area contributed by atoms with E-state index in [1.807, 2.05) is 0 Å². The summed E-state index contributed by atoms with van der Waals surface area (Å²) in [6.45, 7) is 5.23. The number of esters is 1. The van der Waals surface area contributed by atoms with Crippen LogP contribution in [0.1, 0.15) is 47.1 Å². The van der Waals surface area contributed by atoms with Crippen LogP contribution in [0.4, 0.5) is 4.79 Å². The van der Waals surface area contributed by atoms with Gasteiger partial charge in [0.1, 0.15) is 18.1 Å². The lowest BCUT2D eigenvalue weighted by Gasteiger charge is -2.28. The number of hydrogen-bond donors (Lipinski definition) is 5. The van der Waals surface area contributed by atoms with E-state index >= 15 is 0 Å². The van der Waals surface area contributed by atoms with Crippen LogP contribution in [0, 0.1) is 6.92 Å². The average molecular weight is 593 g/mol. The fourth-order valence-electron chi connectivity index (χ4n) is 4.51. The molecule has 13 nitrogen and oxygen atoms in total. The van der Waals surface area contributed by atoms with Gasteiger partial charge in [-0.3, -0.25) is 5.43 Å². The number of benzene rings is 2. The van der Waals surface area contributed by atoms with Crippen molar-refractivity contribution < 1.29 is 43.2 Å². The third kappa shape index (κ3) is 7.13. The molecule has 0 saturated carbocycles. The van der Waals surface area contributed by atoms with Gasteiger partial charge in [0.25, 0.3) is 0 Å². The maximum Gasteiger partial charge on any atom is 0.337 e. The van der Waals surface area contributed by atoms with E-state index in [4.69, 9.17) is 18.6 Å². The summed E-state index contributed by atoms with van der Waals surface area (Å²) in [6.07, 6.45) is 0.167. The Balaban J connectivity index is 1.40. The predicted molar refractivity (Wildman–Crippen MR) is 155 cm³/mol. The molecule has 2 amide bonds. The SMILES string of the molecule is CCOc1cc([C@H]2NC(=O)NC(C)=C2C(=O)OC)ccc1OC[C@@H](O)N/N=C\c1ccc(-c2cccc(C(=O)O)c2C)o1. The van der Waals surface area contributed by atoms with Gasteiger partial charge in [0.05, 0.1) is 37.1 Å². The van der Waals surface area contributed by atoms with E-state index in [1.54, 1.807) is 63.2 Å². The zero-order valence-corrected chi connectivity index (χ0v) is 24.0. The number of rotatable bonds is 12. The van der Waals surface area contributed by atoms with Gasteiger partial charge in [-0.05, 0) is 62.2 Å². The number of carboxylic acids is 1. The van der Waals surface area contributed by atoms with E-state index in [0.717, 1.165) is 0 Å². The van der Waals surface area contributed by atoms with Crippen molar-refractivity contribution >= 4 is 24.2 Å². The first-order valence-corrected chi connectivity index (χ1v) is 13.3. The average Bonchev–Trinajstić information content (AvgIpc) is 3.44. The maximum absolute atomic E-state index is 12.4. The van der Waals surface area contributed by atoms with E-state index in [9.17, 15) is 24.6 Å². The number of urea groups is 1. The van der Waals surface area contributed by atoms with Gasteiger partial charge in [-0.15, -0.1) is 0 Å². The first kappa shape index (κ1) is 30.7. The minimum atomic E-state index is -1.20. The summed E-state index contributed by atoms with van der Waals surface area (Å²) in [6, 6.07) is 12.0. The molecular formula is C30H32N4O9. The van der Waals surface area contributed by atoms with Crippen molar-refractivity contribution in [2.45, 2.75) is 33.0 Å². The molecule has 1 aliphatic rings. The molecule has 5 N–H and O–H groups in total. The molecule has 4 rings (SSSR count). The fraction of sp³-hybridized carbons (Fsp3) is 0.267. The molecular weight excluding hydrogens is 560 g/mol. The highest BCUT2D eigenvalue weighted by molar-refractivity contribution is 5.95. The molecule has 2 aromatic carbocycles. The van der Waals surface area contributed by atoms with Crippen LogP contribution in [0.5, 0.6) is 11.5 Å². The molecule has 226 valence electrons. The van der Waals surface area contributed by atoms with Gasteiger partial charge in [-0.25, -0.2) is 14.4 Å². The molecule has 0 fully saturated rings. The van der Waals surface area contributed by atoms with Crippen LogP contribution < -0.4 is 25.5 Å². The standard InChI is InChI=1S/C30H32N4O9/c1-5-41-24-13-18(27-26(29(38)40-4)17(3)32-30(39)33-27)9-11-23(24)42-15-25(35)34-31-14-19-10-12-22(43-19)20-7-6-8-21(16(20)2)28(36)37/h6-14,25,27,34-35H,5,15H2,1-4H3,(H,36,37)(H2,32,33,39)/b31-14-/t25-,27-/m1/s1. The topological polar surface area (TPSA) is 181 Å². The molecule has 13 heteroatoms. The van der Waals surface area contributed by atoms with Crippen molar-refractivity contribution in [2.75, 3.05) is 20.3 Å². The van der Waals surface area contributed by atoms with Crippen LogP contribution in [0.15, 0.2) is 69.3 Å². The molecule has 0 aliphatic carbocycles. The van der Waals surface area contributed by atoms with Gasteiger partial charge in [0.2, 0.25) is 0 Å². The number of aromatic carboxylic acids is 1. The van der Waals surface area contributed by atoms with E-state index < -0.39 is 30.2 Å². The molecule has 2 atom stereocenters. The van der Waals surface area contributed by atoms with Crippen LogP contribution >= 0.6 is 0 Å². The van der Waals surface area contributed by atoms with E-state index in [-0.39, 0.29) is 17.7 Å². The van der Waals surface area contributed by atoms with E-state index in [2.05, 4.69) is 21.2 Å². The van der Waals surface area contributed by atoms with Crippen molar-refractivity contribution in [3.63, 3.8) is 0 Å². The summed E-state index contributed by atoms with van der Waals surface area (Å²) >= 11 is 0. The summed E-state index contributed by atoms with van der Waals surface area (Å²) < 4.78 is 22.1. The van der Waals surface area contributed by atoms with Gasteiger partial charge in [-0.2, -0.15) is 5.10 Å². The van der Waals surface area contributed by atoms with E-state index in [1.165, 1.54) is 19.4 Å². The molecule has 0 radical (unpaired) electrons. The number of allylic oxidation sites excluding steroid dienone is 1. The Hall–Kier alpha value is -5.30. The Bertz CT molecular complexity index is 1580. The van der Waals surface area contributed by atoms with Gasteiger partial charge in [0.15, 0.2) is 17.7 Å². The Morgan fingerprint density at radius 2 is 1.93 bits per heavy atom. The number of nitrogens with zero attached hydrogens (tertiary/aromatic N) is 1. The molecule has 0 spiro atoms. The van der Waals surface area contributed by atoms with Gasteiger partial charge >= 0.3 is 18.0 Å². The molecule has 0 bridgehead atoms. The molecule has 1 aliphatic heterocycles. The number of carbonyl (C=O) groups excluding carboxylic acids is 2. The number of carboxylic acid groups (broad SMARTS) is 1. The monoisotopic (exact) mass is 592 g/mol. The summed E-state index contributed by atoms with van der Waals surface area (Å²) in [4.78, 5) is 36.0. The second-order valence-corrected chi connectivity index (χ2v) is 9.40. The quantitative estimate of drug-likeness (QED) is 0.0904. The first-order chi connectivity index (χ1) is 20.6. The highest BCUT2D eigenvalue weighted by atomic mass is 16.5. The Morgan fingerprint density at radius 3 is 2.65 bits per heavy atom. The zero-order chi connectivity index (χ0) is 31.1. The van der Waals surface area contributed by atoms with Crippen molar-refractivity contribution in [3.05, 3.63) is 82.3 Å². The summed E-state index contributed by atoms with van der Waals surface area (Å²) in [5.41, 5.74) is 5.15. The number of ether oxygens (including phenoxy) is 3. The lowest BCUT2D eigenvalue weighted by atomic mass is 9.95. The van der Waals surface area contributed by atoms with Crippen LogP contribution in [-0.2, 0) is 9.53 Å². The predicted octanol–water partition coefficient (Wildman–Crippen LogP) is 3.47. The lowest BCUT2D eigenvalue weighted by molar-refractivity contribution is -0.136. The van der Waals surface area contributed by atoms with Gasteiger partial charge < -0.3 is 39.5 Å². The third-order valence-corrected chi connectivity index (χ3v) is 6.54. The number of furan rings is 1. The number of nitrogens with one attached hydrogen (secondary N) is 3. The minimum Gasteiger partial charge on any atom is -0.490 e. The second kappa shape index (κ2) is 13.6. The third-order valence-electron chi connectivity index (χ3n) is 6.54. The minimum absolute atomic E-state index is 0.187. The van der Waals surface area contributed by atoms with Crippen LogP contribution in [0.25, 0.3) is 11.3 Å². The van der Waals surface area contributed by atoms with Crippen LogP contribution in [0.3, 0.4) is 0 Å². The molecule has 3 aromatic rings. The number of hydrazone groups is 1. The second-order valence-electron chi connectivity index (χ2n) is 9.40. The number of aliphatic hydroxyl groups is 1. The smallest absolute Gasteiger partial charge is 0.337 e. The normalized spacial score (nSPS) is 15.5. The zero-order valence-electron chi connectivity index (χ0n) is 24.0. The summed E-state index contributed by atoms with van der Waals surface area (Å²) in [5.74, 6) is -0.0813. The number of methoxy groups -OCH3 is 1. The van der Waals surface area contributed by atoms with Crippen molar-refractivity contribution in [1.82, 2.24) is 16.1 Å². The van der Waals surface area contributed by atoms with Crippen LogP contribution in [-0.4, -0.2) is 60.9 Å². The molecule has 43 heavy (non-hydrogen) atoms. The Kier molecular flexibility index (Phi) is 9.68. The van der Waals surface area contributed by atoms with E-state index in [0.29, 0.717) is 52.0 Å². The van der Waals surface area contributed by atoms with Crippen molar-refractivity contribution in [1.29, 1.82) is 0 Å². The number of aliphatic hydroxyl groups excluding tert-OH is 1. The van der Waals surface area contributed by atoms with Crippen LogP contribution in [0.2, 0.25) is 0 Å². The molecule has 1 aromatic heterocycles. The summed E-state index contributed by atoms with van der Waals surface area (Å²) in [7, 11) is 1.26. The number of hydrogen-bond acceptors (Lipinski definition) is 10. The fourth-order valence-corrected chi connectivity index (χ4v) is 4.51. The van der Waals surface area contributed by atoms with Crippen molar-refractivity contribution in [3.8, 4) is 22.8 Å².